The van der Waals surface area contributed by atoms with E-state index < -0.39 is 0 Å². The van der Waals surface area contributed by atoms with Gasteiger partial charge in [0, 0.05) is 6.20 Å². The number of hydrogen-bond acceptors (Lipinski definition) is 4. The minimum absolute atomic E-state index is 0.0787. The van der Waals surface area contributed by atoms with Crippen LogP contribution in [0.25, 0.3) is 0 Å². The fraction of sp³-hybridized carbons (Fsp3) is 0.429. The minimum Gasteiger partial charge on any atom is -0.467 e. The number of hydrogen-bond donors (Lipinski definition) is 1. The number of aryl methyl sites for hydroxylation is 1. The van der Waals surface area contributed by atoms with Crippen LogP contribution in [0.3, 0.4) is 0 Å². The fourth-order valence-corrected chi connectivity index (χ4v) is 0.717. The molecule has 0 saturated heterocycles. The van der Waals surface area contributed by atoms with Crippen molar-refractivity contribution < 1.29 is 9.84 Å². The smallest absolute Gasteiger partial charge is 0.316 e. The van der Waals surface area contributed by atoms with Gasteiger partial charge >= 0.3 is 6.01 Å². The molecule has 0 amide bonds. The monoisotopic (exact) mass is 154 g/mol. The van der Waals surface area contributed by atoms with Gasteiger partial charge in [0.15, 0.2) is 0 Å². The average Bonchev–Trinajstić information content (AvgIpc) is 2.05. The standard InChI is InChI=1S/C7H10N2O2/c1-5-3-8-7(11-2)9-6(5)4-10/h3,10H,4H2,1-2H3. The van der Waals surface area contributed by atoms with E-state index >= 15 is 0 Å². The molecule has 4 nitrogen and oxygen atoms in total. The maximum atomic E-state index is 8.79. The van der Waals surface area contributed by atoms with Crippen molar-refractivity contribution in [3.05, 3.63) is 17.5 Å². The summed E-state index contributed by atoms with van der Waals surface area (Å²) in [5.41, 5.74) is 1.48. The van der Waals surface area contributed by atoms with Gasteiger partial charge in [-0.1, -0.05) is 0 Å². The Balaban J connectivity index is 3.02. The van der Waals surface area contributed by atoms with Crippen molar-refractivity contribution in [2.45, 2.75) is 13.5 Å². The van der Waals surface area contributed by atoms with E-state index in [9.17, 15) is 0 Å². The first kappa shape index (κ1) is 7.94. The van der Waals surface area contributed by atoms with Gasteiger partial charge in [-0.15, -0.1) is 0 Å². The maximum absolute atomic E-state index is 8.79. The largest absolute Gasteiger partial charge is 0.467 e. The average molecular weight is 154 g/mol. The third-order valence-electron chi connectivity index (χ3n) is 1.39. The van der Waals surface area contributed by atoms with Crippen molar-refractivity contribution in [1.82, 2.24) is 9.97 Å². The van der Waals surface area contributed by atoms with Crippen molar-refractivity contribution in [2.75, 3.05) is 7.11 Å². The third kappa shape index (κ3) is 1.65. The molecule has 11 heavy (non-hydrogen) atoms. The molecule has 1 aromatic heterocycles. The summed E-state index contributed by atoms with van der Waals surface area (Å²) in [7, 11) is 1.49. The van der Waals surface area contributed by atoms with E-state index in [4.69, 9.17) is 9.84 Å². The summed E-state index contributed by atoms with van der Waals surface area (Å²) in [6.45, 7) is 1.76. The second-order valence-electron chi connectivity index (χ2n) is 2.14. The molecule has 0 radical (unpaired) electrons. The lowest BCUT2D eigenvalue weighted by Gasteiger charge is -2.01. The van der Waals surface area contributed by atoms with Crippen molar-refractivity contribution in [2.24, 2.45) is 0 Å². The van der Waals surface area contributed by atoms with E-state index in [1.807, 2.05) is 6.92 Å². The van der Waals surface area contributed by atoms with E-state index in [1.54, 1.807) is 6.20 Å². The first-order chi connectivity index (χ1) is 5.27. The Morgan fingerprint density at radius 1 is 1.64 bits per heavy atom. The van der Waals surface area contributed by atoms with Crippen LogP contribution in [0.4, 0.5) is 0 Å². The van der Waals surface area contributed by atoms with Crippen LogP contribution in [-0.4, -0.2) is 22.2 Å². The molecule has 0 fully saturated rings. The normalized spacial score (nSPS) is 9.73. The van der Waals surface area contributed by atoms with E-state index in [1.165, 1.54) is 7.11 Å². The van der Waals surface area contributed by atoms with Crippen LogP contribution in [0.5, 0.6) is 6.01 Å². The number of nitrogens with zero attached hydrogens (tertiary/aromatic N) is 2. The Bertz CT molecular complexity index is 250. The highest BCUT2D eigenvalue weighted by Crippen LogP contribution is 2.07. The molecule has 0 bridgehead atoms. The van der Waals surface area contributed by atoms with Crippen molar-refractivity contribution in [1.29, 1.82) is 0 Å². The molecule has 1 heterocycles. The Kier molecular flexibility index (Phi) is 2.38. The molecule has 0 aliphatic carbocycles. The molecule has 0 atom stereocenters. The first-order valence-electron chi connectivity index (χ1n) is 3.25. The summed E-state index contributed by atoms with van der Waals surface area (Å²) in [6.07, 6.45) is 1.62. The van der Waals surface area contributed by atoms with Gasteiger partial charge in [-0.2, -0.15) is 4.98 Å². The summed E-state index contributed by atoms with van der Waals surface area (Å²) >= 11 is 0. The Hall–Kier alpha value is -1.16. The van der Waals surface area contributed by atoms with Crippen LogP contribution in [0, 0.1) is 6.92 Å². The van der Waals surface area contributed by atoms with Crippen LogP contribution >= 0.6 is 0 Å². The summed E-state index contributed by atoms with van der Waals surface area (Å²) < 4.78 is 4.78. The van der Waals surface area contributed by atoms with Crippen LogP contribution in [0.2, 0.25) is 0 Å². The van der Waals surface area contributed by atoms with Crippen LogP contribution in [0.15, 0.2) is 6.20 Å². The number of rotatable bonds is 2. The SMILES string of the molecule is COc1ncc(C)c(CO)n1. The molecule has 0 unspecified atom stereocenters. The molecule has 1 N–H and O–H groups in total. The lowest BCUT2D eigenvalue weighted by molar-refractivity contribution is 0.272. The predicted molar refractivity (Wildman–Crippen MR) is 39.2 cm³/mol. The highest BCUT2D eigenvalue weighted by atomic mass is 16.5. The fourth-order valence-electron chi connectivity index (χ4n) is 0.717. The second-order valence-corrected chi connectivity index (χ2v) is 2.14. The van der Waals surface area contributed by atoms with Gasteiger partial charge in [0.05, 0.1) is 19.4 Å². The second kappa shape index (κ2) is 3.30. The lowest BCUT2D eigenvalue weighted by Crippen LogP contribution is -1.98. The molecule has 0 aromatic carbocycles. The molecule has 0 aliphatic rings. The zero-order valence-electron chi connectivity index (χ0n) is 6.53. The van der Waals surface area contributed by atoms with Gasteiger partial charge in [0.25, 0.3) is 0 Å². The number of methoxy groups -OCH3 is 1. The topological polar surface area (TPSA) is 55.2 Å². The number of aliphatic hydroxyl groups is 1. The van der Waals surface area contributed by atoms with E-state index in [-0.39, 0.29) is 6.61 Å². The highest BCUT2D eigenvalue weighted by Gasteiger charge is 2.00. The summed E-state index contributed by atoms with van der Waals surface area (Å²) in [6, 6.07) is 0.291. The Labute approximate surface area is 64.9 Å². The summed E-state index contributed by atoms with van der Waals surface area (Å²) in [5, 5.41) is 8.79. The number of ether oxygens (including phenoxy) is 1. The first-order valence-corrected chi connectivity index (χ1v) is 3.25. The van der Waals surface area contributed by atoms with Gasteiger partial charge in [-0.05, 0) is 12.5 Å². The zero-order chi connectivity index (χ0) is 8.27. The number of aromatic nitrogens is 2. The van der Waals surface area contributed by atoms with Gasteiger partial charge in [-0.25, -0.2) is 4.98 Å². The van der Waals surface area contributed by atoms with E-state index in [0.717, 1.165) is 5.56 Å². The molecule has 1 rings (SSSR count). The third-order valence-corrected chi connectivity index (χ3v) is 1.39. The minimum atomic E-state index is -0.0787. The van der Waals surface area contributed by atoms with Gasteiger partial charge < -0.3 is 9.84 Å². The molecular formula is C7H10N2O2. The molecule has 4 heteroatoms. The Morgan fingerprint density at radius 3 is 2.91 bits per heavy atom. The van der Waals surface area contributed by atoms with Crippen molar-refractivity contribution in [3.8, 4) is 6.01 Å². The van der Waals surface area contributed by atoms with Crippen molar-refractivity contribution in [3.63, 3.8) is 0 Å². The zero-order valence-corrected chi connectivity index (χ0v) is 6.53. The predicted octanol–water partition coefficient (Wildman–Crippen LogP) is 0.286. The summed E-state index contributed by atoms with van der Waals surface area (Å²) in [4.78, 5) is 7.79. The number of aliphatic hydroxyl groups excluding tert-OH is 1. The van der Waals surface area contributed by atoms with Gasteiger partial charge in [0.1, 0.15) is 0 Å². The molecular weight excluding hydrogens is 144 g/mol. The summed E-state index contributed by atoms with van der Waals surface area (Å²) in [5.74, 6) is 0. The van der Waals surface area contributed by atoms with Crippen LogP contribution in [0.1, 0.15) is 11.3 Å². The molecule has 60 valence electrons. The van der Waals surface area contributed by atoms with E-state index in [2.05, 4.69) is 9.97 Å². The highest BCUT2D eigenvalue weighted by molar-refractivity contribution is 5.16. The van der Waals surface area contributed by atoms with E-state index in [0.29, 0.717) is 11.7 Å². The molecule has 0 saturated carbocycles. The maximum Gasteiger partial charge on any atom is 0.316 e. The Morgan fingerprint density at radius 2 is 2.36 bits per heavy atom. The molecule has 1 aromatic rings. The van der Waals surface area contributed by atoms with Gasteiger partial charge in [-0.3, -0.25) is 0 Å². The molecule has 0 spiro atoms. The molecule has 0 aliphatic heterocycles. The lowest BCUT2D eigenvalue weighted by atomic mass is 10.3. The van der Waals surface area contributed by atoms with Crippen molar-refractivity contribution >= 4 is 0 Å². The van der Waals surface area contributed by atoms with Gasteiger partial charge in [0.2, 0.25) is 0 Å². The van der Waals surface area contributed by atoms with Crippen LogP contribution < -0.4 is 4.74 Å². The van der Waals surface area contributed by atoms with Crippen LogP contribution in [-0.2, 0) is 6.61 Å². The quantitative estimate of drug-likeness (QED) is 0.665.